The maximum atomic E-state index is 12.2. The maximum absolute atomic E-state index is 12.2. The average molecular weight is 308 g/mol. The number of benzene rings is 2. The first-order valence-corrected chi connectivity index (χ1v) is 8.34. The molecule has 106 valence electrons. The minimum absolute atomic E-state index is 0.552. The largest absolute Gasteiger partial charge is 0.398 e. The third-order valence-electron chi connectivity index (χ3n) is 3.11. The summed E-state index contributed by atoms with van der Waals surface area (Å²) in [5.74, 6) is 0.622. The van der Waals surface area contributed by atoms with Crippen molar-refractivity contribution in [2.75, 3.05) is 11.5 Å². The van der Waals surface area contributed by atoms with Gasteiger partial charge in [-0.3, -0.25) is 4.21 Å². The summed E-state index contributed by atoms with van der Waals surface area (Å²) < 4.78 is 12.2. The summed E-state index contributed by atoms with van der Waals surface area (Å²) in [5, 5.41) is 0.576. The summed E-state index contributed by atoms with van der Waals surface area (Å²) in [6.07, 6.45) is 2.95. The number of hydrogen-bond acceptors (Lipinski definition) is 2. The molecule has 4 heteroatoms. The molecule has 0 bridgehead atoms. The minimum Gasteiger partial charge on any atom is -0.398 e. The van der Waals surface area contributed by atoms with Crippen LogP contribution in [-0.4, -0.2) is 9.96 Å². The fraction of sp³-hybridized carbons (Fsp3) is 0.250. The summed E-state index contributed by atoms with van der Waals surface area (Å²) in [6.45, 7) is 0. The minimum atomic E-state index is -1.07. The number of unbranched alkanes of at least 4 members (excludes halogenated alkanes) is 1. The summed E-state index contributed by atoms with van der Waals surface area (Å²) in [7, 11) is -1.07. The molecule has 2 aromatic carbocycles. The van der Waals surface area contributed by atoms with E-state index in [4.69, 9.17) is 17.3 Å². The van der Waals surface area contributed by atoms with Crippen molar-refractivity contribution in [1.82, 2.24) is 0 Å². The molecule has 0 aliphatic carbocycles. The molecule has 2 aromatic rings. The molecule has 2 rings (SSSR count). The first-order chi connectivity index (χ1) is 9.66. The highest BCUT2D eigenvalue weighted by Gasteiger charge is 2.08. The Balaban J connectivity index is 1.82. The van der Waals surface area contributed by atoms with Crippen molar-refractivity contribution in [1.29, 1.82) is 0 Å². The van der Waals surface area contributed by atoms with E-state index in [1.54, 1.807) is 18.2 Å². The van der Waals surface area contributed by atoms with Gasteiger partial charge in [-0.05, 0) is 43.0 Å². The fourth-order valence-electron chi connectivity index (χ4n) is 2.02. The van der Waals surface area contributed by atoms with E-state index < -0.39 is 10.8 Å². The zero-order valence-electron chi connectivity index (χ0n) is 11.2. The van der Waals surface area contributed by atoms with Gasteiger partial charge >= 0.3 is 0 Å². The van der Waals surface area contributed by atoms with E-state index in [0.717, 1.165) is 19.3 Å². The van der Waals surface area contributed by atoms with E-state index in [2.05, 4.69) is 12.1 Å². The van der Waals surface area contributed by atoms with Crippen LogP contribution >= 0.6 is 11.6 Å². The lowest BCUT2D eigenvalue weighted by Gasteiger charge is -2.06. The second kappa shape index (κ2) is 7.46. The van der Waals surface area contributed by atoms with Crippen molar-refractivity contribution in [3.63, 3.8) is 0 Å². The van der Waals surface area contributed by atoms with Crippen LogP contribution in [-0.2, 0) is 17.2 Å². The summed E-state index contributed by atoms with van der Waals surface area (Å²) in [6, 6.07) is 15.5. The van der Waals surface area contributed by atoms with Crippen LogP contribution in [0.1, 0.15) is 18.4 Å². The van der Waals surface area contributed by atoms with Crippen LogP contribution in [0.3, 0.4) is 0 Å². The van der Waals surface area contributed by atoms with Crippen molar-refractivity contribution in [2.45, 2.75) is 24.2 Å². The van der Waals surface area contributed by atoms with Gasteiger partial charge in [0.25, 0.3) is 0 Å². The lowest BCUT2D eigenvalue weighted by molar-refractivity contribution is 0.677. The number of nitrogens with two attached hydrogens (primary N) is 1. The number of halogens is 1. The lowest BCUT2D eigenvalue weighted by Crippen LogP contribution is -2.02. The van der Waals surface area contributed by atoms with Gasteiger partial charge < -0.3 is 5.73 Å². The molecule has 0 aliphatic rings. The molecule has 0 aliphatic heterocycles. The molecule has 0 aromatic heterocycles. The van der Waals surface area contributed by atoms with Crippen LogP contribution in [0.4, 0.5) is 5.69 Å². The molecule has 1 unspecified atom stereocenters. The predicted octanol–water partition coefficient (Wildman–Crippen LogP) is 4.05. The lowest BCUT2D eigenvalue weighted by atomic mass is 10.1. The highest BCUT2D eigenvalue weighted by atomic mass is 35.5. The Morgan fingerprint density at radius 3 is 2.55 bits per heavy atom. The molecule has 0 spiro atoms. The Labute approximate surface area is 127 Å². The molecular formula is C16H18ClNOS. The molecule has 0 amide bonds. The van der Waals surface area contributed by atoms with E-state index in [0.29, 0.717) is 21.4 Å². The van der Waals surface area contributed by atoms with Crippen LogP contribution in [0.5, 0.6) is 0 Å². The van der Waals surface area contributed by atoms with Crippen LogP contribution in [0.2, 0.25) is 5.02 Å². The Bertz CT molecular complexity index is 586. The topological polar surface area (TPSA) is 43.1 Å². The van der Waals surface area contributed by atoms with Gasteiger partial charge in [0.1, 0.15) is 0 Å². The molecule has 0 fully saturated rings. The van der Waals surface area contributed by atoms with E-state index >= 15 is 0 Å². The SMILES string of the molecule is Nc1ccc(Cl)cc1S(=O)CCCCc1ccccc1. The third kappa shape index (κ3) is 4.36. The molecule has 2 nitrogen and oxygen atoms in total. The third-order valence-corrected chi connectivity index (χ3v) is 4.85. The van der Waals surface area contributed by atoms with Gasteiger partial charge in [0.05, 0.1) is 15.7 Å². The number of rotatable bonds is 6. The van der Waals surface area contributed by atoms with Crippen LogP contribution in [0, 0.1) is 0 Å². The molecule has 0 saturated carbocycles. The normalized spacial score (nSPS) is 12.2. The average Bonchev–Trinajstić information content (AvgIpc) is 2.47. The number of aryl methyl sites for hydroxylation is 1. The Morgan fingerprint density at radius 1 is 1.05 bits per heavy atom. The zero-order valence-corrected chi connectivity index (χ0v) is 12.8. The monoisotopic (exact) mass is 307 g/mol. The van der Waals surface area contributed by atoms with Crippen LogP contribution in [0.15, 0.2) is 53.4 Å². The van der Waals surface area contributed by atoms with Crippen molar-refractivity contribution < 1.29 is 4.21 Å². The Kier molecular flexibility index (Phi) is 5.62. The fourth-order valence-corrected chi connectivity index (χ4v) is 3.53. The number of nitrogen functional groups attached to an aromatic ring is 1. The van der Waals surface area contributed by atoms with Gasteiger partial charge in [-0.1, -0.05) is 41.9 Å². The smallest absolute Gasteiger partial charge is 0.0632 e. The van der Waals surface area contributed by atoms with Gasteiger partial charge in [-0.2, -0.15) is 0 Å². The van der Waals surface area contributed by atoms with Gasteiger partial charge in [-0.15, -0.1) is 0 Å². The molecule has 0 heterocycles. The second-order valence-corrected chi connectivity index (χ2v) is 6.65. The summed E-state index contributed by atoms with van der Waals surface area (Å²) in [4.78, 5) is 0.650. The standard InChI is InChI=1S/C16H18ClNOS/c17-14-9-10-15(18)16(12-14)20(19)11-5-4-8-13-6-2-1-3-7-13/h1-3,6-7,9-10,12H,4-5,8,11,18H2. The molecule has 1 atom stereocenters. The van der Waals surface area contributed by atoms with Crippen molar-refractivity contribution in [3.05, 3.63) is 59.1 Å². The van der Waals surface area contributed by atoms with E-state index in [1.807, 2.05) is 18.2 Å². The first kappa shape index (κ1) is 15.1. The van der Waals surface area contributed by atoms with Crippen molar-refractivity contribution in [2.24, 2.45) is 0 Å². The van der Waals surface area contributed by atoms with E-state index in [9.17, 15) is 4.21 Å². The molecule has 20 heavy (non-hydrogen) atoms. The highest BCUT2D eigenvalue weighted by molar-refractivity contribution is 7.85. The number of hydrogen-bond donors (Lipinski definition) is 1. The Hall–Kier alpha value is -1.32. The summed E-state index contributed by atoms with van der Waals surface area (Å²) in [5.41, 5.74) is 7.71. The van der Waals surface area contributed by atoms with Crippen molar-refractivity contribution >= 4 is 28.1 Å². The summed E-state index contributed by atoms with van der Waals surface area (Å²) >= 11 is 5.91. The van der Waals surface area contributed by atoms with Gasteiger partial charge in [0.15, 0.2) is 0 Å². The maximum Gasteiger partial charge on any atom is 0.0632 e. The number of anilines is 1. The van der Waals surface area contributed by atoms with Crippen LogP contribution in [0.25, 0.3) is 0 Å². The predicted molar refractivity (Wildman–Crippen MR) is 86.5 cm³/mol. The first-order valence-electron chi connectivity index (χ1n) is 6.64. The quantitative estimate of drug-likeness (QED) is 0.646. The second-order valence-electron chi connectivity index (χ2n) is 4.67. The van der Waals surface area contributed by atoms with Crippen LogP contribution < -0.4 is 5.73 Å². The molecule has 0 radical (unpaired) electrons. The van der Waals surface area contributed by atoms with Gasteiger partial charge in [0, 0.05) is 16.5 Å². The molecule has 0 saturated heterocycles. The van der Waals surface area contributed by atoms with Gasteiger partial charge in [0.2, 0.25) is 0 Å². The molecular weight excluding hydrogens is 290 g/mol. The van der Waals surface area contributed by atoms with Crippen molar-refractivity contribution in [3.8, 4) is 0 Å². The van der Waals surface area contributed by atoms with E-state index in [-0.39, 0.29) is 0 Å². The molecule has 2 N–H and O–H groups in total. The van der Waals surface area contributed by atoms with E-state index in [1.165, 1.54) is 5.56 Å². The Morgan fingerprint density at radius 2 is 1.80 bits per heavy atom. The highest BCUT2D eigenvalue weighted by Crippen LogP contribution is 2.22. The van der Waals surface area contributed by atoms with Gasteiger partial charge in [-0.25, -0.2) is 0 Å². The zero-order chi connectivity index (χ0) is 14.4.